The van der Waals surface area contributed by atoms with Gasteiger partial charge in [-0.3, -0.25) is 14.9 Å². The molecule has 3 N–H and O–H groups in total. The molecular weight excluding hydrogens is 374 g/mol. The third-order valence-electron chi connectivity index (χ3n) is 3.80. The first-order chi connectivity index (χ1) is 10.5. The van der Waals surface area contributed by atoms with E-state index in [0.29, 0.717) is 5.57 Å². The standard InChI is InChI=1S/C14H14BrNO5S/c15-12-2-1-11(22-12)7-3-6(13(19)16-14(7)20)9-4-8(18)10(5-17)21-9/h1-3,6,8-10,17-18H,4-5H2,(H,16,19,20)/t6?,8-,9+,10+/m0/s1. The van der Waals surface area contributed by atoms with Crippen LogP contribution in [0.5, 0.6) is 0 Å². The number of hydrogen-bond acceptors (Lipinski definition) is 6. The summed E-state index contributed by atoms with van der Waals surface area (Å²) in [6.07, 6.45) is -0.221. The quantitative estimate of drug-likeness (QED) is 0.662. The van der Waals surface area contributed by atoms with Crippen molar-refractivity contribution in [3.63, 3.8) is 0 Å². The zero-order valence-corrected chi connectivity index (χ0v) is 13.8. The Kier molecular flexibility index (Phi) is 4.47. The molecule has 6 nitrogen and oxygen atoms in total. The number of nitrogens with one attached hydrogen (secondary N) is 1. The van der Waals surface area contributed by atoms with E-state index in [0.717, 1.165) is 8.66 Å². The van der Waals surface area contributed by atoms with Crippen LogP contribution in [0.25, 0.3) is 5.57 Å². The van der Waals surface area contributed by atoms with Crippen LogP contribution in [0.15, 0.2) is 22.0 Å². The Labute approximate surface area is 138 Å². The molecule has 22 heavy (non-hydrogen) atoms. The van der Waals surface area contributed by atoms with Crippen LogP contribution in [0.4, 0.5) is 0 Å². The van der Waals surface area contributed by atoms with Gasteiger partial charge in [0.2, 0.25) is 5.91 Å². The lowest BCUT2D eigenvalue weighted by atomic mass is 9.92. The molecule has 4 atom stereocenters. The summed E-state index contributed by atoms with van der Waals surface area (Å²) in [5, 5.41) is 21.3. The van der Waals surface area contributed by atoms with Gasteiger partial charge in [0.25, 0.3) is 5.91 Å². The zero-order chi connectivity index (χ0) is 15.9. The number of halogens is 1. The van der Waals surface area contributed by atoms with Crippen LogP contribution < -0.4 is 5.32 Å². The van der Waals surface area contributed by atoms with Crippen LogP contribution in [0.3, 0.4) is 0 Å². The minimum Gasteiger partial charge on any atom is -0.394 e. The Bertz CT molecular complexity index is 643. The summed E-state index contributed by atoms with van der Waals surface area (Å²) in [6, 6.07) is 3.63. The number of rotatable bonds is 3. The normalized spacial score (nSPS) is 32.0. The smallest absolute Gasteiger partial charge is 0.258 e. The summed E-state index contributed by atoms with van der Waals surface area (Å²) in [5.41, 5.74) is 0.422. The molecular formula is C14H14BrNO5S. The van der Waals surface area contributed by atoms with Gasteiger partial charge in [0.05, 0.1) is 34.1 Å². The van der Waals surface area contributed by atoms with E-state index in [-0.39, 0.29) is 13.0 Å². The SMILES string of the molecule is O=C1NC(=O)C([C@H]2C[C@H](O)[C@@H](CO)O2)C=C1c1ccc(Br)s1. The molecule has 3 heterocycles. The molecule has 1 saturated heterocycles. The molecule has 0 spiro atoms. The predicted octanol–water partition coefficient (Wildman–Crippen LogP) is 0.677. The monoisotopic (exact) mass is 387 g/mol. The molecule has 0 aromatic carbocycles. The fraction of sp³-hybridized carbons (Fsp3) is 0.429. The Morgan fingerprint density at radius 1 is 1.41 bits per heavy atom. The van der Waals surface area contributed by atoms with Crippen LogP contribution in [0.1, 0.15) is 11.3 Å². The fourth-order valence-corrected chi connectivity index (χ4v) is 4.09. The minimum absolute atomic E-state index is 0.245. The zero-order valence-electron chi connectivity index (χ0n) is 11.4. The first-order valence-electron chi connectivity index (χ1n) is 6.76. The highest BCUT2D eigenvalue weighted by molar-refractivity contribution is 9.11. The van der Waals surface area contributed by atoms with Crippen molar-refractivity contribution < 1.29 is 24.5 Å². The number of imide groups is 1. The largest absolute Gasteiger partial charge is 0.394 e. The number of ether oxygens (including phenoxy) is 1. The molecule has 1 unspecified atom stereocenters. The van der Waals surface area contributed by atoms with Gasteiger partial charge in [-0.2, -0.15) is 0 Å². The van der Waals surface area contributed by atoms with Crippen LogP contribution in [-0.2, 0) is 14.3 Å². The van der Waals surface area contributed by atoms with Crippen LogP contribution >= 0.6 is 27.3 Å². The van der Waals surface area contributed by atoms with Gasteiger partial charge in [0.15, 0.2) is 0 Å². The Hall–Kier alpha value is -1.06. The van der Waals surface area contributed by atoms with Gasteiger partial charge in [0.1, 0.15) is 6.10 Å². The maximum absolute atomic E-state index is 12.1. The number of carbonyl (C=O) groups is 2. The van der Waals surface area contributed by atoms with E-state index in [1.165, 1.54) is 11.3 Å². The number of amides is 2. The molecule has 1 aromatic rings. The lowest BCUT2D eigenvalue weighted by Crippen LogP contribution is -2.44. The Morgan fingerprint density at radius 2 is 2.18 bits per heavy atom. The van der Waals surface area contributed by atoms with E-state index < -0.39 is 36.0 Å². The summed E-state index contributed by atoms with van der Waals surface area (Å²) in [7, 11) is 0. The van der Waals surface area contributed by atoms with Crippen LogP contribution in [0.2, 0.25) is 0 Å². The minimum atomic E-state index is -0.812. The lowest BCUT2D eigenvalue weighted by molar-refractivity contribution is -0.133. The maximum atomic E-state index is 12.1. The van der Waals surface area contributed by atoms with Crippen LogP contribution in [-0.4, -0.2) is 46.9 Å². The van der Waals surface area contributed by atoms with E-state index in [1.807, 2.05) is 6.07 Å². The first kappa shape index (κ1) is 15.8. The van der Waals surface area contributed by atoms with E-state index in [1.54, 1.807) is 12.1 Å². The van der Waals surface area contributed by atoms with Crippen molar-refractivity contribution in [1.29, 1.82) is 0 Å². The number of hydrogen-bond donors (Lipinski definition) is 3. The second-order valence-electron chi connectivity index (χ2n) is 5.23. The van der Waals surface area contributed by atoms with Gasteiger partial charge in [0, 0.05) is 11.3 Å². The lowest BCUT2D eigenvalue weighted by Gasteiger charge is -2.24. The molecule has 2 aliphatic heterocycles. The van der Waals surface area contributed by atoms with Gasteiger partial charge in [-0.15, -0.1) is 11.3 Å². The molecule has 0 bridgehead atoms. The molecule has 3 rings (SSSR count). The van der Waals surface area contributed by atoms with Gasteiger partial charge in [-0.05, 0) is 28.1 Å². The second-order valence-corrected chi connectivity index (χ2v) is 7.69. The summed E-state index contributed by atoms with van der Waals surface area (Å²) in [6.45, 7) is -0.306. The highest BCUT2D eigenvalue weighted by Gasteiger charge is 2.42. The molecule has 0 radical (unpaired) electrons. The predicted molar refractivity (Wildman–Crippen MR) is 83.0 cm³/mol. The van der Waals surface area contributed by atoms with Gasteiger partial charge in [-0.1, -0.05) is 6.08 Å². The number of aliphatic hydroxyl groups is 2. The number of aliphatic hydroxyl groups excluding tert-OH is 2. The molecule has 0 aliphatic carbocycles. The summed E-state index contributed by atoms with van der Waals surface area (Å²) >= 11 is 4.74. The molecule has 0 saturated carbocycles. The van der Waals surface area contributed by atoms with Crippen molar-refractivity contribution in [1.82, 2.24) is 5.32 Å². The van der Waals surface area contributed by atoms with Crippen molar-refractivity contribution in [3.8, 4) is 0 Å². The Balaban J connectivity index is 1.89. The van der Waals surface area contributed by atoms with Gasteiger partial charge < -0.3 is 14.9 Å². The molecule has 1 fully saturated rings. The van der Waals surface area contributed by atoms with E-state index in [4.69, 9.17) is 9.84 Å². The van der Waals surface area contributed by atoms with E-state index in [2.05, 4.69) is 21.2 Å². The average Bonchev–Trinajstić information content (AvgIpc) is 3.05. The highest BCUT2D eigenvalue weighted by Crippen LogP contribution is 2.34. The third kappa shape index (κ3) is 2.89. The topological polar surface area (TPSA) is 95.9 Å². The van der Waals surface area contributed by atoms with E-state index in [9.17, 15) is 14.7 Å². The summed E-state index contributed by atoms with van der Waals surface area (Å²) < 4.78 is 6.42. The molecule has 8 heteroatoms. The van der Waals surface area contributed by atoms with E-state index >= 15 is 0 Å². The van der Waals surface area contributed by atoms with Crippen molar-refractivity contribution in [2.45, 2.75) is 24.7 Å². The first-order valence-corrected chi connectivity index (χ1v) is 8.37. The van der Waals surface area contributed by atoms with Crippen molar-refractivity contribution in [2.24, 2.45) is 5.92 Å². The Morgan fingerprint density at radius 3 is 2.77 bits per heavy atom. The van der Waals surface area contributed by atoms with Gasteiger partial charge >= 0.3 is 0 Å². The molecule has 2 aliphatic rings. The van der Waals surface area contributed by atoms with Crippen molar-refractivity contribution >= 4 is 44.7 Å². The highest BCUT2D eigenvalue weighted by atomic mass is 79.9. The van der Waals surface area contributed by atoms with Crippen molar-refractivity contribution in [3.05, 3.63) is 26.9 Å². The third-order valence-corrected chi connectivity index (χ3v) is 5.46. The molecule has 118 valence electrons. The number of carbonyl (C=O) groups excluding carboxylic acids is 2. The number of thiophene rings is 1. The summed E-state index contributed by atoms with van der Waals surface area (Å²) in [4.78, 5) is 24.8. The van der Waals surface area contributed by atoms with Crippen molar-refractivity contribution in [2.75, 3.05) is 6.61 Å². The maximum Gasteiger partial charge on any atom is 0.258 e. The van der Waals surface area contributed by atoms with Gasteiger partial charge in [-0.25, -0.2) is 0 Å². The second kappa shape index (κ2) is 6.21. The average molecular weight is 388 g/mol. The molecule has 2 amide bonds. The molecule has 1 aromatic heterocycles. The fourth-order valence-electron chi connectivity index (χ4n) is 2.68. The van der Waals surface area contributed by atoms with Crippen LogP contribution in [0, 0.1) is 5.92 Å². The summed E-state index contributed by atoms with van der Waals surface area (Å²) in [5.74, 6) is -1.55.